The molecule has 2 aromatic heterocycles. The minimum atomic E-state index is -0.916. The predicted molar refractivity (Wildman–Crippen MR) is 103 cm³/mol. The lowest BCUT2D eigenvalue weighted by Crippen LogP contribution is -2.33. The number of hydrogen-bond donors (Lipinski definition) is 2. The lowest BCUT2D eigenvalue weighted by Gasteiger charge is -2.32. The predicted octanol–water partition coefficient (Wildman–Crippen LogP) is 3.65. The zero-order chi connectivity index (χ0) is 18.8. The maximum Gasteiger partial charge on any atom is 0.337 e. The zero-order valence-corrected chi connectivity index (χ0v) is 15.3. The SMILES string of the molecule is COc1ccc2[nH]cc(C3CCN(Cc4ncccc4C(=O)O)CC3)c2c1. The van der Waals surface area contributed by atoms with E-state index in [1.54, 1.807) is 25.4 Å². The van der Waals surface area contributed by atoms with Crippen LogP contribution in [0, 0.1) is 0 Å². The fourth-order valence-corrected chi connectivity index (χ4v) is 3.96. The standard InChI is InChI=1S/C21H23N3O3/c1-27-15-4-5-19-17(11-15)18(12-23-19)14-6-9-24(10-7-14)13-20-16(21(25)26)3-2-8-22-20/h2-5,8,11-12,14,23H,6-7,9-10,13H2,1H3,(H,25,26). The van der Waals surface area contributed by atoms with Crippen molar-refractivity contribution in [3.63, 3.8) is 0 Å². The molecule has 6 nitrogen and oxygen atoms in total. The van der Waals surface area contributed by atoms with Crippen LogP contribution in [0.1, 0.15) is 40.4 Å². The monoisotopic (exact) mass is 365 g/mol. The van der Waals surface area contributed by atoms with Crippen LogP contribution in [0.2, 0.25) is 0 Å². The Balaban J connectivity index is 1.46. The Morgan fingerprint density at radius 1 is 1.33 bits per heavy atom. The Morgan fingerprint density at radius 3 is 2.89 bits per heavy atom. The fraction of sp³-hybridized carbons (Fsp3) is 0.333. The van der Waals surface area contributed by atoms with Gasteiger partial charge in [0.2, 0.25) is 0 Å². The summed E-state index contributed by atoms with van der Waals surface area (Å²) >= 11 is 0. The molecule has 1 saturated heterocycles. The second-order valence-electron chi connectivity index (χ2n) is 7.01. The number of aromatic carboxylic acids is 1. The van der Waals surface area contributed by atoms with Crippen LogP contribution in [0.3, 0.4) is 0 Å². The summed E-state index contributed by atoms with van der Waals surface area (Å²) in [5.41, 5.74) is 3.41. The molecule has 1 aromatic carbocycles. The van der Waals surface area contributed by atoms with Gasteiger partial charge in [-0.3, -0.25) is 9.88 Å². The second-order valence-corrected chi connectivity index (χ2v) is 7.01. The van der Waals surface area contributed by atoms with E-state index in [9.17, 15) is 9.90 Å². The first-order valence-corrected chi connectivity index (χ1v) is 9.20. The van der Waals surface area contributed by atoms with Crippen molar-refractivity contribution in [2.75, 3.05) is 20.2 Å². The van der Waals surface area contributed by atoms with Gasteiger partial charge in [-0.2, -0.15) is 0 Å². The van der Waals surface area contributed by atoms with E-state index in [0.29, 0.717) is 23.7 Å². The van der Waals surface area contributed by atoms with Gasteiger partial charge in [0.25, 0.3) is 0 Å². The molecule has 0 atom stereocenters. The van der Waals surface area contributed by atoms with E-state index in [0.717, 1.165) is 37.2 Å². The number of fused-ring (bicyclic) bond motifs is 1. The lowest BCUT2D eigenvalue weighted by molar-refractivity contribution is 0.0693. The third-order valence-electron chi connectivity index (χ3n) is 5.44. The van der Waals surface area contributed by atoms with Crippen molar-refractivity contribution in [1.82, 2.24) is 14.9 Å². The number of pyridine rings is 1. The van der Waals surface area contributed by atoms with Crippen LogP contribution in [0.25, 0.3) is 10.9 Å². The maximum atomic E-state index is 11.4. The van der Waals surface area contributed by atoms with E-state index in [-0.39, 0.29) is 0 Å². The molecule has 140 valence electrons. The van der Waals surface area contributed by atoms with E-state index in [2.05, 4.69) is 33.2 Å². The Labute approximate surface area is 157 Å². The highest BCUT2D eigenvalue weighted by Gasteiger charge is 2.24. The molecule has 0 amide bonds. The molecular formula is C21H23N3O3. The van der Waals surface area contributed by atoms with Crippen LogP contribution in [0.15, 0.2) is 42.7 Å². The van der Waals surface area contributed by atoms with E-state index >= 15 is 0 Å². The van der Waals surface area contributed by atoms with Gasteiger partial charge in [-0.1, -0.05) is 0 Å². The van der Waals surface area contributed by atoms with E-state index in [1.165, 1.54) is 10.9 Å². The third kappa shape index (κ3) is 3.53. The number of hydrogen-bond acceptors (Lipinski definition) is 4. The van der Waals surface area contributed by atoms with Crippen LogP contribution < -0.4 is 4.74 Å². The molecule has 0 saturated carbocycles. The molecule has 1 aliphatic heterocycles. The minimum Gasteiger partial charge on any atom is -0.497 e. The van der Waals surface area contributed by atoms with Gasteiger partial charge in [-0.05, 0) is 67.7 Å². The number of rotatable bonds is 5. The highest BCUT2D eigenvalue weighted by Crippen LogP contribution is 2.35. The number of carboxylic acids is 1. The van der Waals surface area contributed by atoms with Gasteiger partial charge < -0.3 is 14.8 Å². The molecule has 0 unspecified atom stereocenters. The molecule has 2 N–H and O–H groups in total. The number of nitrogens with zero attached hydrogens (tertiary/aromatic N) is 2. The molecule has 27 heavy (non-hydrogen) atoms. The van der Waals surface area contributed by atoms with Crippen LogP contribution >= 0.6 is 0 Å². The number of ether oxygens (including phenoxy) is 1. The molecule has 3 aromatic rings. The number of benzene rings is 1. The summed E-state index contributed by atoms with van der Waals surface area (Å²) in [6.07, 6.45) is 5.86. The number of nitrogens with one attached hydrogen (secondary N) is 1. The maximum absolute atomic E-state index is 11.4. The number of carboxylic acid groups (broad SMARTS) is 1. The number of H-pyrrole nitrogens is 1. The average molecular weight is 365 g/mol. The number of methoxy groups -OCH3 is 1. The van der Waals surface area contributed by atoms with Gasteiger partial charge in [0.05, 0.1) is 18.4 Å². The van der Waals surface area contributed by atoms with Gasteiger partial charge in [-0.25, -0.2) is 4.79 Å². The molecule has 4 rings (SSSR count). The first-order valence-electron chi connectivity index (χ1n) is 9.20. The zero-order valence-electron chi connectivity index (χ0n) is 15.3. The smallest absolute Gasteiger partial charge is 0.337 e. The van der Waals surface area contributed by atoms with Crippen LogP contribution in [0.4, 0.5) is 0 Å². The van der Waals surface area contributed by atoms with Crippen molar-refractivity contribution >= 4 is 16.9 Å². The number of aromatic amines is 1. The molecule has 6 heteroatoms. The number of carbonyl (C=O) groups is 1. The van der Waals surface area contributed by atoms with Gasteiger partial charge in [-0.15, -0.1) is 0 Å². The molecule has 0 aliphatic carbocycles. The van der Waals surface area contributed by atoms with Crippen molar-refractivity contribution in [2.24, 2.45) is 0 Å². The molecule has 0 radical (unpaired) electrons. The van der Waals surface area contributed by atoms with Crippen LogP contribution in [-0.2, 0) is 6.54 Å². The number of aromatic nitrogens is 2. The fourth-order valence-electron chi connectivity index (χ4n) is 3.96. The van der Waals surface area contributed by atoms with Crippen molar-refractivity contribution in [3.05, 3.63) is 59.5 Å². The molecule has 0 spiro atoms. The highest BCUT2D eigenvalue weighted by molar-refractivity contribution is 5.88. The van der Waals surface area contributed by atoms with Crippen LogP contribution in [-0.4, -0.2) is 46.1 Å². The Hall–Kier alpha value is -2.86. The quantitative estimate of drug-likeness (QED) is 0.722. The summed E-state index contributed by atoms with van der Waals surface area (Å²) in [7, 11) is 1.69. The Bertz CT molecular complexity index is 958. The highest BCUT2D eigenvalue weighted by atomic mass is 16.5. The topological polar surface area (TPSA) is 78.5 Å². The molecule has 1 aliphatic rings. The normalized spacial score (nSPS) is 15.9. The molecule has 3 heterocycles. The summed E-state index contributed by atoms with van der Waals surface area (Å²) in [5.74, 6) is 0.447. The van der Waals surface area contributed by atoms with E-state index < -0.39 is 5.97 Å². The summed E-state index contributed by atoms with van der Waals surface area (Å²) in [6.45, 7) is 2.44. The third-order valence-corrected chi connectivity index (χ3v) is 5.44. The second kappa shape index (κ2) is 7.40. The Morgan fingerprint density at radius 2 is 2.15 bits per heavy atom. The average Bonchev–Trinajstić information content (AvgIpc) is 3.12. The summed E-state index contributed by atoms with van der Waals surface area (Å²) in [5, 5.41) is 10.6. The number of likely N-dealkylation sites (tertiary alicyclic amines) is 1. The number of piperidine rings is 1. The lowest BCUT2D eigenvalue weighted by atomic mass is 9.89. The van der Waals surface area contributed by atoms with Crippen molar-refractivity contribution < 1.29 is 14.6 Å². The van der Waals surface area contributed by atoms with Crippen molar-refractivity contribution in [1.29, 1.82) is 0 Å². The molecular weight excluding hydrogens is 342 g/mol. The minimum absolute atomic E-state index is 0.295. The largest absolute Gasteiger partial charge is 0.497 e. The van der Waals surface area contributed by atoms with E-state index in [4.69, 9.17) is 4.74 Å². The summed E-state index contributed by atoms with van der Waals surface area (Å²) < 4.78 is 5.37. The first kappa shape index (κ1) is 17.5. The van der Waals surface area contributed by atoms with Gasteiger partial charge in [0.1, 0.15) is 5.75 Å². The van der Waals surface area contributed by atoms with Crippen molar-refractivity contribution in [2.45, 2.75) is 25.3 Å². The van der Waals surface area contributed by atoms with Gasteiger partial charge >= 0.3 is 5.97 Å². The van der Waals surface area contributed by atoms with Crippen molar-refractivity contribution in [3.8, 4) is 5.75 Å². The Kier molecular flexibility index (Phi) is 4.81. The van der Waals surface area contributed by atoms with Gasteiger partial charge in [0.15, 0.2) is 0 Å². The van der Waals surface area contributed by atoms with Gasteiger partial charge in [0, 0.05) is 29.8 Å². The first-order chi connectivity index (χ1) is 13.2. The van der Waals surface area contributed by atoms with Crippen LogP contribution in [0.5, 0.6) is 5.75 Å². The summed E-state index contributed by atoms with van der Waals surface area (Å²) in [4.78, 5) is 21.3. The molecule has 1 fully saturated rings. The summed E-state index contributed by atoms with van der Waals surface area (Å²) in [6, 6.07) is 9.42. The molecule has 0 bridgehead atoms. The van der Waals surface area contributed by atoms with E-state index in [1.807, 2.05) is 6.07 Å².